The Kier molecular flexibility index (Phi) is 5.01. The average Bonchev–Trinajstić information content (AvgIpc) is 2.46. The highest BCUT2D eigenvalue weighted by Gasteiger charge is 2.34. The number of piperazine rings is 1. The fourth-order valence-corrected chi connectivity index (χ4v) is 2.89. The van der Waals surface area contributed by atoms with E-state index in [-0.39, 0.29) is 12.0 Å². The number of hydrogen-bond donors (Lipinski definition) is 1. The second-order valence-corrected chi connectivity index (χ2v) is 5.42. The predicted molar refractivity (Wildman–Crippen MR) is 71.5 cm³/mol. The molecule has 0 aliphatic carbocycles. The molecule has 2 aliphatic rings. The minimum atomic E-state index is -0.177. The quantitative estimate of drug-likeness (QED) is 0.831. The van der Waals surface area contributed by atoms with Gasteiger partial charge in [0.25, 0.3) is 5.91 Å². The van der Waals surface area contributed by atoms with Crippen molar-refractivity contribution in [2.45, 2.75) is 64.1 Å². The molecule has 0 radical (unpaired) electrons. The second-order valence-electron chi connectivity index (χ2n) is 5.42. The Morgan fingerprint density at radius 1 is 1.33 bits per heavy atom. The summed E-state index contributed by atoms with van der Waals surface area (Å²) in [4.78, 5) is 14.6. The number of carbonyl (C=O) groups is 1. The van der Waals surface area contributed by atoms with Gasteiger partial charge in [-0.3, -0.25) is 4.79 Å². The molecule has 3 atom stereocenters. The number of nitrogens with one attached hydrogen (secondary N) is 1. The van der Waals surface area contributed by atoms with Crippen molar-refractivity contribution in [1.82, 2.24) is 10.2 Å². The normalized spacial score (nSPS) is 33.4. The highest BCUT2D eigenvalue weighted by Crippen LogP contribution is 2.19. The summed E-state index contributed by atoms with van der Waals surface area (Å²) in [7, 11) is 0. The summed E-state index contributed by atoms with van der Waals surface area (Å²) >= 11 is 0. The summed E-state index contributed by atoms with van der Waals surface area (Å²) < 4.78 is 5.64. The first-order chi connectivity index (χ1) is 8.76. The zero-order valence-corrected chi connectivity index (χ0v) is 11.7. The largest absolute Gasteiger partial charge is 0.368 e. The van der Waals surface area contributed by atoms with Gasteiger partial charge in [0.05, 0.1) is 0 Å². The molecule has 0 aromatic rings. The van der Waals surface area contributed by atoms with Crippen molar-refractivity contribution < 1.29 is 9.53 Å². The van der Waals surface area contributed by atoms with Crippen LogP contribution in [0.4, 0.5) is 0 Å². The molecule has 2 heterocycles. The van der Waals surface area contributed by atoms with Crippen molar-refractivity contribution in [3.63, 3.8) is 0 Å². The van der Waals surface area contributed by atoms with Crippen molar-refractivity contribution in [1.29, 1.82) is 0 Å². The lowest BCUT2D eigenvalue weighted by molar-refractivity contribution is -0.150. The number of carbonyl (C=O) groups excluding carboxylic acids is 1. The fraction of sp³-hybridized carbons (Fsp3) is 0.929. The molecular weight excluding hydrogens is 228 g/mol. The summed E-state index contributed by atoms with van der Waals surface area (Å²) in [5.74, 6) is 0.224. The first-order valence-corrected chi connectivity index (χ1v) is 7.41. The minimum Gasteiger partial charge on any atom is -0.368 e. The van der Waals surface area contributed by atoms with Crippen LogP contribution in [0.2, 0.25) is 0 Å². The molecule has 18 heavy (non-hydrogen) atoms. The zero-order valence-electron chi connectivity index (χ0n) is 11.7. The first-order valence-electron chi connectivity index (χ1n) is 7.41. The summed E-state index contributed by atoms with van der Waals surface area (Å²) in [5, 5.41) is 3.52. The number of amides is 1. The third-order valence-corrected chi connectivity index (χ3v) is 4.20. The predicted octanol–water partition coefficient (Wildman–Crippen LogP) is 1.54. The molecule has 0 aromatic carbocycles. The average molecular weight is 254 g/mol. The number of rotatable bonds is 3. The van der Waals surface area contributed by atoms with Crippen LogP contribution in [-0.2, 0) is 9.53 Å². The van der Waals surface area contributed by atoms with Gasteiger partial charge in [-0.05, 0) is 32.1 Å². The van der Waals surface area contributed by atoms with Crippen molar-refractivity contribution in [2.75, 3.05) is 19.7 Å². The van der Waals surface area contributed by atoms with E-state index in [4.69, 9.17) is 4.74 Å². The van der Waals surface area contributed by atoms with Gasteiger partial charge in [0, 0.05) is 31.8 Å². The Bertz CT molecular complexity index is 277. The molecule has 1 amide bonds. The van der Waals surface area contributed by atoms with E-state index in [0.717, 1.165) is 51.8 Å². The molecule has 104 valence electrons. The topological polar surface area (TPSA) is 41.6 Å². The molecule has 4 nitrogen and oxygen atoms in total. The second kappa shape index (κ2) is 6.53. The summed E-state index contributed by atoms with van der Waals surface area (Å²) in [6.45, 7) is 6.84. The van der Waals surface area contributed by atoms with Crippen molar-refractivity contribution >= 4 is 5.91 Å². The van der Waals surface area contributed by atoms with Gasteiger partial charge in [-0.25, -0.2) is 0 Å². The minimum absolute atomic E-state index is 0.177. The van der Waals surface area contributed by atoms with Crippen molar-refractivity contribution in [3.05, 3.63) is 0 Å². The molecular formula is C14H26N2O2. The van der Waals surface area contributed by atoms with Crippen molar-refractivity contribution in [3.8, 4) is 0 Å². The Labute approximate surface area is 110 Å². The van der Waals surface area contributed by atoms with E-state index in [1.807, 2.05) is 0 Å². The SMILES string of the molecule is CCC1CN(C(=O)C2CCCCO2)C(CC)CN1. The van der Waals surface area contributed by atoms with Crippen LogP contribution in [0, 0.1) is 0 Å². The van der Waals surface area contributed by atoms with E-state index >= 15 is 0 Å². The number of hydrogen-bond acceptors (Lipinski definition) is 3. The van der Waals surface area contributed by atoms with Gasteiger partial charge >= 0.3 is 0 Å². The van der Waals surface area contributed by atoms with E-state index < -0.39 is 0 Å². The van der Waals surface area contributed by atoms with E-state index in [0.29, 0.717) is 12.1 Å². The molecule has 4 heteroatoms. The van der Waals surface area contributed by atoms with Gasteiger partial charge in [-0.1, -0.05) is 13.8 Å². The van der Waals surface area contributed by atoms with Gasteiger partial charge < -0.3 is 15.0 Å². The molecule has 0 aromatic heterocycles. The molecule has 3 unspecified atom stereocenters. The van der Waals surface area contributed by atoms with Crippen LogP contribution in [0.15, 0.2) is 0 Å². The smallest absolute Gasteiger partial charge is 0.252 e. The van der Waals surface area contributed by atoms with Crippen LogP contribution in [0.3, 0.4) is 0 Å². The molecule has 0 saturated carbocycles. The third kappa shape index (κ3) is 3.04. The van der Waals surface area contributed by atoms with Crippen molar-refractivity contribution in [2.24, 2.45) is 0 Å². The standard InChI is InChI=1S/C14H26N2O2/c1-3-11-10-16(12(4-2)9-15-11)14(17)13-7-5-6-8-18-13/h11-13,15H,3-10H2,1-2H3. The van der Waals surface area contributed by atoms with Gasteiger partial charge in [-0.15, -0.1) is 0 Å². The fourth-order valence-electron chi connectivity index (χ4n) is 2.89. The Balaban J connectivity index is 1.99. The molecule has 2 aliphatic heterocycles. The Hall–Kier alpha value is -0.610. The van der Waals surface area contributed by atoms with Crippen LogP contribution in [0.25, 0.3) is 0 Å². The molecule has 0 spiro atoms. The lowest BCUT2D eigenvalue weighted by Gasteiger charge is -2.41. The van der Waals surface area contributed by atoms with E-state index in [1.165, 1.54) is 0 Å². The molecule has 2 rings (SSSR count). The third-order valence-electron chi connectivity index (χ3n) is 4.20. The highest BCUT2D eigenvalue weighted by atomic mass is 16.5. The summed E-state index contributed by atoms with van der Waals surface area (Å²) in [6.07, 6.45) is 5.03. The maximum atomic E-state index is 12.6. The van der Waals surface area contributed by atoms with Crippen LogP contribution in [0.1, 0.15) is 46.0 Å². The van der Waals surface area contributed by atoms with E-state index in [2.05, 4.69) is 24.1 Å². The summed E-state index contributed by atoms with van der Waals surface area (Å²) in [5.41, 5.74) is 0. The molecule has 1 N–H and O–H groups in total. The monoisotopic (exact) mass is 254 g/mol. The van der Waals surface area contributed by atoms with Gasteiger partial charge in [0.2, 0.25) is 0 Å². The van der Waals surface area contributed by atoms with Crippen LogP contribution >= 0.6 is 0 Å². The Morgan fingerprint density at radius 2 is 2.17 bits per heavy atom. The van der Waals surface area contributed by atoms with Gasteiger partial charge in [0.15, 0.2) is 0 Å². The lowest BCUT2D eigenvalue weighted by Crippen LogP contribution is -2.60. The van der Waals surface area contributed by atoms with E-state index in [9.17, 15) is 4.79 Å². The zero-order chi connectivity index (χ0) is 13.0. The number of nitrogens with zero attached hydrogens (tertiary/aromatic N) is 1. The molecule has 0 bridgehead atoms. The lowest BCUT2D eigenvalue weighted by atomic mass is 10.0. The van der Waals surface area contributed by atoms with Crippen LogP contribution in [-0.4, -0.2) is 48.7 Å². The van der Waals surface area contributed by atoms with Gasteiger partial charge in [-0.2, -0.15) is 0 Å². The first kappa shape index (κ1) is 13.8. The summed E-state index contributed by atoms with van der Waals surface area (Å²) in [6, 6.07) is 0.783. The molecule has 2 fully saturated rings. The Morgan fingerprint density at radius 3 is 2.78 bits per heavy atom. The maximum absolute atomic E-state index is 12.6. The van der Waals surface area contributed by atoms with E-state index in [1.54, 1.807) is 0 Å². The molecule has 2 saturated heterocycles. The van der Waals surface area contributed by atoms with Crippen LogP contribution in [0.5, 0.6) is 0 Å². The highest BCUT2D eigenvalue weighted by molar-refractivity contribution is 5.81. The number of ether oxygens (including phenoxy) is 1. The maximum Gasteiger partial charge on any atom is 0.252 e. The van der Waals surface area contributed by atoms with Gasteiger partial charge in [0.1, 0.15) is 6.10 Å². The van der Waals surface area contributed by atoms with Crippen LogP contribution < -0.4 is 5.32 Å².